The lowest BCUT2D eigenvalue weighted by Crippen LogP contribution is -2.45. The molecular formula is C18H17FN2O4. The van der Waals surface area contributed by atoms with E-state index in [0.29, 0.717) is 11.3 Å². The topological polar surface area (TPSA) is 98.5 Å². The minimum atomic E-state index is -0.984. The normalized spacial score (nSPS) is 11.4. The molecule has 0 aliphatic heterocycles. The molecule has 2 aromatic carbocycles. The Hall–Kier alpha value is -3.22. The molecule has 2 aromatic rings. The highest BCUT2D eigenvalue weighted by atomic mass is 19.1. The van der Waals surface area contributed by atoms with Gasteiger partial charge >= 0.3 is 5.97 Å². The van der Waals surface area contributed by atoms with Crippen molar-refractivity contribution < 1.29 is 23.5 Å². The van der Waals surface area contributed by atoms with E-state index in [9.17, 15) is 18.8 Å². The molecule has 0 saturated carbocycles. The van der Waals surface area contributed by atoms with Crippen LogP contribution < -0.4 is 15.8 Å². The first-order valence-corrected chi connectivity index (χ1v) is 7.48. The first-order valence-electron chi connectivity index (χ1n) is 7.48. The summed E-state index contributed by atoms with van der Waals surface area (Å²) in [5, 5.41) is 2.52. The van der Waals surface area contributed by atoms with Crippen molar-refractivity contribution in [2.75, 3.05) is 0 Å². The van der Waals surface area contributed by atoms with Crippen LogP contribution in [0.4, 0.5) is 4.39 Å². The highest BCUT2D eigenvalue weighted by Crippen LogP contribution is 2.13. The highest BCUT2D eigenvalue weighted by Gasteiger charge is 2.19. The molecule has 0 spiro atoms. The number of primary amides is 1. The van der Waals surface area contributed by atoms with Crippen LogP contribution in [0.1, 0.15) is 22.8 Å². The molecule has 2 rings (SSSR count). The van der Waals surface area contributed by atoms with Crippen LogP contribution in [0, 0.1) is 5.82 Å². The lowest BCUT2D eigenvalue weighted by Gasteiger charge is -2.16. The third kappa shape index (κ3) is 5.42. The monoisotopic (exact) mass is 344 g/mol. The molecule has 7 heteroatoms. The fraction of sp³-hybridized carbons (Fsp3) is 0.167. The molecule has 0 unspecified atom stereocenters. The summed E-state index contributed by atoms with van der Waals surface area (Å²) >= 11 is 0. The number of benzene rings is 2. The number of nitrogens with one attached hydrogen (secondary N) is 1. The molecule has 0 aliphatic rings. The van der Waals surface area contributed by atoms with Crippen molar-refractivity contribution in [3.8, 4) is 5.75 Å². The lowest BCUT2D eigenvalue weighted by molar-refractivity contribution is -0.131. The van der Waals surface area contributed by atoms with Gasteiger partial charge in [-0.25, -0.2) is 4.39 Å². The number of esters is 1. The van der Waals surface area contributed by atoms with Gasteiger partial charge in [0.25, 0.3) is 5.91 Å². The smallest absolute Gasteiger partial charge is 0.308 e. The second-order valence-corrected chi connectivity index (χ2v) is 5.38. The maximum atomic E-state index is 13.2. The largest absolute Gasteiger partial charge is 0.427 e. The number of rotatable bonds is 6. The van der Waals surface area contributed by atoms with Crippen LogP contribution in [0.5, 0.6) is 5.75 Å². The molecule has 0 aromatic heterocycles. The van der Waals surface area contributed by atoms with Crippen LogP contribution >= 0.6 is 0 Å². The summed E-state index contributed by atoms with van der Waals surface area (Å²) < 4.78 is 18.1. The Bertz CT molecular complexity index is 790. The number of hydrogen-bond acceptors (Lipinski definition) is 4. The van der Waals surface area contributed by atoms with E-state index in [-0.39, 0.29) is 12.0 Å². The standard InChI is InChI=1S/C18H17FN2O4/c1-11(22)25-15-7-5-13(6-8-15)18(24)21-16(17(20)23)10-12-3-2-4-14(19)9-12/h2-9,16H,10H2,1H3,(H2,20,23)(H,21,24)/t16-/m0/s1. The Labute approximate surface area is 143 Å². The van der Waals surface area contributed by atoms with Gasteiger partial charge in [0.2, 0.25) is 5.91 Å². The SMILES string of the molecule is CC(=O)Oc1ccc(C(=O)N[C@@H](Cc2cccc(F)c2)C(N)=O)cc1. The number of carbonyl (C=O) groups is 3. The van der Waals surface area contributed by atoms with Crippen molar-refractivity contribution in [3.05, 3.63) is 65.5 Å². The van der Waals surface area contributed by atoms with Crippen LogP contribution in [0.2, 0.25) is 0 Å². The second-order valence-electron chi connectivity index (χ2n) is 5.38. The highest BCUT2D eigenvalue weighted by molar-refractivity contribution is 5.97. The Balaban J connectivity index is 2.07. The first kappa shape index (κ1) is 18.1. The molecular weight excluding hydrogens is 327 g/mol. The van der Waals surface area contributed by atoms with Gasteiger partial charge in [0.1, 0.15) is 17.6 Å². The van der Waals surface area contributed by atoms with Crippen molar-refractivity contribution in [2.45, 2.75) is 19.4 Å². The molecule has 130 valence electrons. The molecule has 25 heavy (non-hydrogen) atoms. The van der Waals surface area contributed by atoms with E-state index in [1.165, 1.54) is 49.4 Å². The van der Waals surface area contributed by atoms with E-state index in [2.05, 4.69) is 5.32 Å². The van der Waals surface area contributed by atoms with E-state index in [1.807, 2.05) is 0 Å². The summed E-state index contributed by atoms with van der Waals surface area (Å²) in [7, 11) is 0. The minimum absolute atomic E-state index is 0.0738. The van der Waals surface area contributed by atoms with Crippen LogP contribution in [-0.4, -0.2) is 23.8 Å². The van der Waals surface area contributed by atoms with Crippen molar-refractivity contribution in [2.24, 2.45) is 5.73 Å². The number of nitrogens with two attached hydrogens (primary N) is 1. The van der Waals surface area contributed by atoms with Gasteiger partial charge in [0, 0.05) is 18.9 Å². The molecule has 3 N–H and O–H groups in total. The van der Waals surface area contributed by atoms with Gasteiger partial charge in [-0.2, -0.15) is 0 Å². The fourth-order valence-corrected chi connectivity index (χ4v) is 2.20. The van der Waals surface area contributed by atoms with Gasteiger partial charge in [-0.15, -0.1) is 0 Å². The Morgan fingerprint density at radius 2 is 1.84 bits per heavy atom. The van der Waals surface area contributed by atoms with Gasteiger partial charge < -0.3 is 15.8 Å². The third-order valence-corrected chi connectivity index (χ3v) is 3.36. The van der Waals surface area contributed by atoms with E-state index in [1.54, 1.807) is 6.07 Å². The van der Waals surface area contributed by atoms with Crippen LogP contribution in [0.15, 0.2) is 48.5 Å². The summed E-state index contributed by atoms with van der Waals surface area (Å²) in [6.07, 6.45) is 0.0738. The lowest BCUT2D eigenvalue weighted by atomic mass is 10.0. The summed E-state index contributed by atoms with van der Waals surface area (Å²) in [5.41, 5.74) is 6.12. The van der Waals surface area contributed by atoms with Crippen molar-refractivity contribution in [1.29, 1.82) is 0 Å². The van der Waals surface area contributed by atoms with E-state index in [0.717, 1.165) is 0 Å². The molecule has 0 heterocycles. The Morgan fingerprint density at radius 1 is 1.16 bits per heavy atom. The third-order valence-electron chi connectivity index (χ3n) is 3.36. The molecule has 2 amide bonds. The number of hydrogen-bond donors (Lipinski definition) is 2. The van der Waals surface area contributed by atoms with Crippen LogP contribution in [0.3, 0.4) is 0 Å². The number of ether oxygens (including phenoxy) is 1. The zero-order valence-electron chi connectivity index (χ0n) is 13.5. The summed E-state index contributed by atoms with van der Waals surface area (Å²) in [6, 6.07) is 10.5. The maximum Gasteiger partial charge on any atom is 0.308 e. The van der Waals surface area contributed by atoms with Gasteiger partial charge in [0.05, 0.1) is 0 Å². The summed E-state index contributed by atoms with van der Waals surface area (Å²) in [4.78, 5) is 34.7. The van der Waals surface area contributed by atoms with Gasteiger partial charge in [-0.1, -0.05) is 12.1 Å². The molecule has 1 atom stereocenters. The van der Waals surface area contributed by atoms with Crippen molar-refractivity contribution in [3.63, 3.8) is 0 Å². The number of carbonyl (C=O) groups excluding carboxylic acids is 3. The van der Waals surface area contributed by atoms with Gasteiger partial charge in [0.15, 0.2) is 0 Å². The fourth-order valence-electron chi connectivity index (χ4n) is 2.20. The molecule has 0 radical (unpaired) electrons. The zero-order chi connectivity index (χ0) is 18.4. The maximum absolute atomic E-state index is 13.2. The van der Waals surface area contributed by atoms with Gasteiger partial charge in [-0.05, 0) is 42.0 Å². The molecule has 0 bridgehead atoms. The molecule has 0 fully saturated rings. The zero-order valence-corrected chi connectivity index (χ0v) is 13.5. The molecule has 0 saturated heterocycles. The minimum Gasteiger partial charge on any atom is -0.427 e. The van der Waals surface area contributed by atoms with Crippen molar-refractivity contribution >= 4 is 17.8 Å². The molecule has 6 nitrogen and oxygen atoms in total. The van der Waals surface area contributed by atoms with Crippen LogP contribution in [-0.2, 0) is 16.0 Å². The van der Waals surface area contributed by atoms with E-state index < -0.39 is 29.6 Å². The predicted octanol–water partition coefficient (Wildman–Crippen LogP) is 1.58. The Morgan fingerprint density at radius 3 is 2.40 bits per heavy atom. The summed E-state index contributed by atoms with van der Waals surface area (Å²) in [6.45, 7) is 1.27. The van der Waals surface area contributed by atoms with Crippen molar-refractivity contribution in [1.82, 2.24) is 5.32 Å². The molecule has 0 aliphatic carbocycles. The number of amides is 2. The average molecular weight is 344 g/mol. The first-order chi connectivity index (χ1) is 11.8. The summed E-state index contributed by atoms with van der Waals surface area (Å²) in [5.74, 6) is -1.85. The quantitative estimate of drug-likeness (QED) is 0.614. The van der Waals surface area contributed by atoms with E-state index in [4.69, 9.17) is 10.5 Å². The van der Waals surface area contributed by atoms with Crippen LogP contribution in [0.25, 0.3) is 0 Å². The van der Waals surface area contributed by atoms with E-state index >= 15 is 0 Å². The predicted molar refractivity (Wildman–Crippen MR) is 88.3 cm³/mol. The average Bonchev–Trinajstić information content (AvgIpc) is 2.54. The Kier molecular flexibility index (Phi) is 5.84. The van der Waals surface area contributed by atoms with Gasteiger partial charge in [-0.3, -0.25) is 14.4 Å². The second kappa shape index (κ2) is 8.05. The number of halogens is 1.